The number of carbonyl (C=O) groups excluding carboxylic acids is 2. The molecular formula is C10H16Cl2O5. The standard InChI is InChI=1S/C10H16Cl2O5/c1-3-5-16-8(14)7(13)10(11,12)9(15)17-6-4-2/h7,13H,3-6H2,1-2H3. The fourth-order valence-corrected chi connectivity index (χ4v) is 1.12. The topological polar surface area (TPSA) is 72.8 Å². The van der Waals surface area contributed by atoms with E-state index in [1.165, 1.54) is 0 Å². The van der Waals surface area contributed by atoms with Gasteiger partial charge in [0.25, 0.3) is 4.33 Å². The molecule has 17 heavy (non-hydrogen) atoms. The molecule has 0 aliphatic rings. The highest BCUT2D eigenvalue weighted by molar-refractivity contribution is 6.59. The maximum atomic E-state index is 11.4. The van der Waals surface area contributed by atoms with E-state index in [2.05, 4.69) is 9.47 Å². The summed E-state index contributed by atoms with van der Waals surface area (Å²) in [4.78, 5) is 22.7. The van der Waals surface area contributed by atoms with Crippen LogP contribution in [0.1, 0.15) is 26.7 Å². The SMILES string of the molecule is CCCOC(=O)C(O)C(Cl)(Cl)C(=O)OCCC. The highest BCUT2D eigenvalue weighted by atomic mass is 35.5. The summed E-state index contributed by atoms with van der Waals surface area (Å²) in [6, 6.07) is 0. The molecule has 0 aliphatic heterocycles. The van der Waals surface area contributed by atoms with E-state index in [4.69, 9.17) is 23.2 Å². The van der Waals surface area contributed by atoms with Gasteiger partial charge >= 0.3 is 11.9 Å². The second-order valence-electron chi connectivity index (χ2n) is 3.33. The van der Waals surface area contributed by atoms with Gasteiger partial charge in [0.05, 0.1) is 13.2 Å². The number of carbonyl (C=O) groups is 2. The van der Waals surface area contributed by atoms with Gasteiger partial charge in [0.15, 0.2) is 6.10 Å². The van der Waals surface area contributed by atoms with Crippen LogP contribution in [0.5, 0.6) is 0 Å². The van der Waals surface area contributed by atoms with Crippen molar-refractivity contribution in [2.24, 2.45) is 0 Å². The smallest absolute Gasteiger partial charge is 0.346 e. The fourth-order valence-electron chi connectivity index (χ4n) is 0.832. The van der Waals surface area contributed by atoms with Crippen molar-refractivity contribution in [3.8, 4) is 0 Å². The van der Waals surface area contributed by atoms with Crippen LogP contribution in [0.25, 0.3) is 0 Å². The minimum absolute atomic E-state index is 0.108. The van der Waals surface area contributed by atoms with Crippen LogP contribution in [-0.4, -0.2) is 40.7 Å². The quantitative estimate of drug-likeness (QED) is 0.566. The number of esters is 2. The van der Waals surface area contributed by atoms with Crippen LogP contribution in [0.15, 0.2) is 0 Å². The van der Waals surface area contributed by atoms with Crippen LogP contribution in [0.3, 0.4) is 0 Å². The summed E-state index contributed by atoms with van der Waals surface area (Å²) in [7, 11) is 0. The molecule has 0 amide bonds. The monoisotopic (exact) mass is 286 g/mol. The van der Waals surface area contributed by atoms with E-state index in [-0.39, 0.29) is 13.2 Å². The Balaban J connectivity index is 4.46. The molecule has 0 aromatic rings. The van der Waals surface area contributed by atoms with Gasteiger partial charge in [-0.3, -0.25) is 0 Å². The summed E-state index contributed by atoms with van der Waals surface area (Å²) >= 11 is 11.2. The van der Waals surface area contributed by atoms with Crippen LogP contribution in [-0.2, 0) is 19.1 Å². The van der Waals surface area contributed by atoms with Gasteiger partial charge in [-0.25, -0.2) is 9.59 Å². The van der Waals surface area contributed by atoms with E-state index in [0.29, 0.717) is 12.8 Å². The first-order chi connectivity index (χ1) is 7.87. The number of hydrogen-bond donors (Lipinski definition) is 1. The Kier molecular flexibility index (Phi) is 7.50. The number of rotatable bonds is 7. The van der Waals surface area contributed by atoms with Crippen LogP contribution in [0.4, 0.5) is 0 Å². The molecule has 0 saturated carbocycles. The summed E-state index contributed by atoms with van der Waals surface area (Å²) in [5, 5.41) is 9.50. The lowest BCUT2D eigenvalue weighted by Gasteiger charge is -2.22. The molecule has 0 rings (SSSR count). The number of aliphatic hydroxyl groups excluding tert-OH is 1. The Morgan fingerprint density at radius 1 is 1.18 bits per heavy atom. The molecule has 7 heteroatoms. The number of alkyl halides is 2. The molecule has 1 atom stereocenters. The van der Waals surface area contributed by atoms with Crippen LogP contribution in [0.2, 0.25) is 0 Å². The van der Waals surface area contributed by atoms with Gasteiger partial charge in [0, 0.05) is 0 Å². The zero-order valence-corrected chi connectivity index (χ0v) is 11.3. The highest BCUT2D eigenvalue weighted by Crippen LogP contribution is 2.28. The summed E-state index contributed by atoms with van der Waals surface area (Å²) in [5.74, 6) is -2.12. The molecule has 1 N–H and O–H groups in total. The molecule has 100 valence electrons. The van der Waals surface area contributed by atoms with E-state index in [1.807, 2.05) is 0 Å². The van der Waals surface area contributed by atoms with E-state index < -0.39 is 22.4 Å². The summed E-state index contributed by atoms with van der Waals surface area (Å²) in [6.07, 6.45) is -0.816. The first-order valence-corrected chi connectivity index (χ1v) is 6.03. The Bertz CT molecular complexity index is 267. The van der Waals surface area contributed by atoms with E-state index >= 15 is 0 Å². The third kappa shape index (κ3) is 5.10. The minimum atomic E-state index is -2.35. The van der Waals surface area contributed by atoms with Gasteiger partial charge in [-0.1, -0.05) is 37.0 Å². The van der Waals surface area contributed by atoms with Crippen molar-refractivity contribution in [3.05, 3.63) is 0 Å². The number of hydrogen-bond acceptors (Lipinski definition) is 5. The van der Waals surface area contributed by atoms with Gasteiger partial charge in [-0.05, 0) is 12.8 Å². The van der Waals surface area contributed by atoms with Crippen molar-refractivity contribution in [1.82, 2.24) is 0 Å². The Labute approximate surface area is 110 Å². The second-order valence-corrected chi connectivity index (χ2v) is 4.71. The molecule has 0 fully saturated rings. The van der Waals surface area contributed by atoms with Crippen molar-refractivity contribution in [1.29, 1.82) is 0 Å². The number of ether oxygens (including phenoxy) is 2. The van der Waals surface area contributed by atoms with Crippen LogP contribution in [0, 0.1) is 0 Å². The molecule has 1 unspecified atom stereocenters. The van der Waals surface area contributed by atoms with Gasteiger partial charge in [0.1, 0.15) is 0 Å². The Morgan fingerprint density at radius 2 is 1.65 bits per heavy atom. The van der Waals surface area contributed by atoms with E-state index in [0.717, 1.165) is 0 Å². The van der Waals surface area contributed by atoms with Crippen LogP contribution < -0.4 is 0 Å². The lowest BCUT2D eigenvalue weighted by molar-refractivity contribution is -0.161. The molecule has 0 aromatic carbocycles. The van der Waals surface area contributed by atoms with Crippen molar-refractivity contribution < 1.29 is 24.2 Å². The fraction of sp³-hybridized carbons (Fsp3) is 0.800. The van der Waals surface area contributed by atoms with Gasteiger partial charge in [-0.2, -0.15) is 0 Å². The molecule has 0 spiro atoms. The summed E-state index contributed by atoms with van der Waals surface area (Å²) in [5.41, 5.74) is 0. The third-order valence-electron chi connectivity index (χ3n) is 1.72. The van der Waals surface area contributed by atoms with Crippen molar-refractivity contribution in [2.75, 3.05) is 13.2 Å². The minimum Gasteiger partial charge on any atom is -0.464 e. The van der Waals surface area contributed by atoms with E-state index in [1.54, 1.807) is 13.8 Å². The molecule has 0 saturated heterocycles. The molecule has 0 radical (unpaired) electrons. The van der Waals surface area contributed by atoms with Crippen molar-refractivity contribution >= 4 is 35.1 Å². The number of halogens is 2. The molecule has 0 heterocycles. The Hall–Kier alpha value is -0.520. The molecule has 0 bridgehead atoms. The van der Waals surface area contributed by atoms with Crippen LogP contribution >= 0.6 is 23.2 Å². The summed E-state index contributed by atoms with van der Waals surface area (Å²) in [6.45, 7) is 3.79. The molecular weight excluding hydrogens is 271 g/mol. The first-order valence-electron chi connectivity index (χ1n) is 5.27. The summed E-state index contributed by atoms with van der Waals surface area (Å²) < 4.78 is 6.94. The zero-order chi connectivity index (χ0) is 13.5. The van der Waals surface area contributed by atoms with Gasteiger partial charge < -0.3 is 14.6 Å². The molecule has 0 aliphatic carbocycles. The van der Waals surface area contributed by atoms with Crippen molar-refractivity contribution in [2.45, 2.75) is 37.1 Å². The lowest BCUT2D eigenvalue weighted by Crippen LogP contribution is -2.46. The predicted molar refractivity (Wildman–Crippen MR) is 62.9 cm³/mol. The van der Waals surface area contributed by atoms with Gasteiger partial charge in [0.2, 0.25) is 0 Å². The zero-order valence-electron chi connectivity index (χ0n) is 9.74. The molecule has 5 nitrogen and oxygen atoms in total. The second kappa shape index (κ2) is 7.74. The maximum Gasteiger partial charge on any atom is 0.346 e. The normalized spacial score (nSPS) is 13.0. The lowest BCUT2D eigenvalue weighted by atomic mass is 10.2. The average molecular weight is 287 g/mol. The maximum absolute atomic E-state index is 11.4. The first kappa shape index (κ1) is 16.5. The van der Waals surface area contributed by atoms with Gasteiger partial charge in [-0.15, -0.1) is 0 Å². The third-order valence-corrected chi connectivity index (χ3v) is 2.45. The molecule has 0 aromatic heterocycles. The highest BCUT2D eigenvalue weighted by Gasteiger charge is 2.48. The van der Waals surface area contributed by atoms with E-state index in [9.17, 15) is 14.7 Å². The average Bonchev–Trinajstić information content (AvgIpc) is 2.31. The van der Waals surface area contributed by atoms with Crippen molar-refractivity contribution in [3.63, 3.8) is 0 Å². The Morgan fingerprint density at radius 3 is 2.12 bits per heavy atom. The number of aliphatic hydroxyl groups is 1. The predicted octanol–water partition coefficient (Wildman–Crippen LogP) is 1.43. The largest absolute Gasteiger partial charge is 0.464 e.